The lowest BCUT2D eigenvalue weighted by molar-refractivity contribution is 0.0103. The second kappa shape index (κ2) is 11.3. The Bertz CT molecular complexity index is 1190. The molecule has 1 aliphatic rings. The summed E-state index contributed by atoms with van der Waals surface area (Å²) in [6, 6.07) is 25.3. The first-order valence-corrected chi connectivity index (χ1v) is 12.5. The van der Waals surface area contributed by atoms with E-state index in [9.17, 15) is 10.2 Å². The van der Waals surface area contributed by atoms with Crippen LogP contribution in [0.1, 0.15) is 36.6 Å². The summed E-state index contributed by atoms with van der Waals surface area (Å²) < 4.78 is 5.62. The first-order chi connectivity index (χ1) is 17.3. The molecule has 0 aromatic heterocycles. The molecule has 0 unspecified atom stereocenters. The Labute approximate surface area is 217 Å². The highest BCUT2D eigenvalue weighted by Gasteiger charge is 2.34. The molecule has 188 valence electrons. The van der Waals surface area contributed by atoms with E-state index < -0.39 is 11.7 Å². The maximum atomic E-state index is 11.3. The third-order valence-electron chi connectivity index (χ3n) is 6.54. The highest BCUT2D eigenvalue weighted by molar-refractivity contribution is 6.33. The molecule has 0 amide bonds. The van der Waals surface area contributed by atoms with Crippen molar-refractivity contribution >= 4 is 17.3 Å². The number of rotatable bonds is 8. The third-order valence-corrected chi connectivity index (χ3v) is 6.84. The van der Waals surface area contributed by atoms with E-state index in [-0.39, 0.29) is 12.6 Å². The summed E-state index contributed by atoms with van der Waals surface area (Å²) in [6.07, 6.45) is -0.555. The van der Waals surface area contributed by atoms with Gasteiger partial charge in [0.25, 0.3) is 0 Å². The Morgan fingerprint density at radius 2 is 1.83 bits per heavy atom. The number of β-amino-alcohol motifs (C(OH)–C–C–N with tert-alkyl or cyclic N) is 1. The van der Waals surface area contributed by atoms with E-state index in [1.807, 2.05) is 49.4 Å². The quantitative estimate of drug-likeness (QED) is 0.460. The smallest absolute Gasteiger partial charge is 0.121 e. The zero-order valence-corrected chi connectivity index (χ0v) is 21.4. The fourth-order valence-electron chi connectivity index (χ4n) is 4.69. The fourth-order valence-corrected chi connectivity index (χ4v) is 4.97. The van der Waals surface area contributed by atoms with Crippen LogP contribution in [0, 0.1) is 11.3 Å². The average molecular weight is 506 g/mol. The van der Waals surface area contributed by atoms with E-state index in [1.54, 1.807) is 25.1 Å². The number of benzene rings is 3. The molecule has 1 aliphatic heterocycles. The van der Waals surface area contributed by atoms with Gasteiger partial charge in [0, 0.05) is 32.2 Å². The summed E-state index contributed by atoms with van der Waals surface area (Å²) in [6.45, 7) is 6.38. The molecule has 0 aliphatic carbocycles. The average Bonchev–Trinajstić information content (AvgIpc) is 2.88. The summed E-state index contributed by atoms with van der Waals surface area (Å²) in [4.78, 5) is 4.59. The molecule has 3 atom stereocenters. The number of piperazine rings is 1. The van der Waals surface area contributed by atoms with Gasteiger partial charge >= 0.3 is 0 Å². The second-order valence-corrected chi connectivity index (χ2v) is 10.00. The molecule has 0 saturated carbocycles. The van der Waals surface area contributed by atoms with Crippen molar-refractivity contribution in [1.82, 2.24) is 4.90 Å². The first kappa shape index (κ1) is 26.0. The molecule has 6 nitrogen and oxygen atoms in total. The zero-order valence-electron chi connectivity index (χ0n) is 20.6. The molecule has 1 heterocycles. The fraction of sp³-hybridized carbons (Fsp3) is 0.345. The number of halogens is 1. The van der Waals surface area contributed by atoms with Gasteiger partial charge in [0.05, 0.1) is 40.1 Å². The summed E-state index contributed by atoms with van der Waals surface area (Å²) >= 11 is 6.72. The predicted octanol–water partition coefficient (Wildman–Crippen LogP) is 4.74. The standard InChI is InChI=1S/C29H32ClN3O3/c1-21(34)19-36-25-12-13-27(26(30)16-25)33-15-14-32(18-28(33)23-6-4-3-5-7-23)20-29(2,35)24-10-8-22(17-31)9-11-24/h3-13,16,21,28,34-35H,14-15,18-20H2,1-2H3/t21-,28+,29-/m1/s1. The van der Waals surface area contributed by atoms with Crippen LogP contribution in [-0.4, -0.2) is 54.0 Å². The maximum absolute atomic E-state index is 11.3. The predicted molar refractivity (Wildman–Crippen MR) is 142 cm³/mol. The summed E-state index contributed by atoms with van der Waals surface area (Å²) in [5.74, 6) is 0.623. The van der Waals surface area contributed by atoms with E-state index in [2.05, 4.69) is 28.0 Å². The lowest BCUT2D eigenvalue weighted by atomic mass is 9.93. The molecular weight excluding hydrogens is 474 g/mol. The number of nitrogens with zero attached hydrogens (tertiary/aromatic N) is 3. The molecule has 3 aromatic carbocycles. The molecule has 2 N–H and O–H groups in total. The number of hydrogen-bond donors (Lipinski definition) is 2. The molecule has 0 spiro atoms. The van der Waals surface area contributed by atoms with Crippen molar-refractivity contribution in [3.8, 4) is 11.8 Å². The monoisotopic (exact) mass is 505 g/mol. The Hall–Kier alpha value is -3.08. The minimum absolute atomic E-state index is 0.0402. The van der Waals surface area contributed by atoms with Gasteiger partial charge < -0.3 is 19.8 Å². The summed E-state index contributed by atoms with van der Waals surface area (Å²) in [5, 5.41) is 30.5. The number of anilines is 1. The van der Waals surface area contributed by atoms with Crippen LogP contribution >= 0.6 is 11.6 Å². The van der Waals surface area contributed by atoms with Crippen LogP contribution in [0.15, 0.2) is 72.8 Å². The van der Waals surface area contributed by atoms with Crippen molar-refractivity contribution in [1.29, 1.82) is 5.26 Å². The number of hydrogen-bond acceptors (Lipinski definition) is 6. The largest absolute Gasteiger partial charge is 0.491 e. The van der Waals surface area contributed by atoms with Gasteiger partial charge in [-0.2, -0.15) is 5.26 Å². The van der Waals surface area contributed by atoms with Gasteiger partial charge in [-0.1, -0.05) is 54.1 Å². The van der Waals surface area contributed by atoms with Crippen LogP contribution < -0.4 is 9.64 Å². The number of nitriles is 1. The van der Waals surface area contributed by atoms with Crippen LogP contribution in [-0.2, 0) is 5.60 Å². The van der Waals surface area contributed by atoms with Crippen molar-refractivity contribution in [3.63, 3.8) is 0 Å². The molecule has 1 saturated heterocycles. The lowest BCUT2D eigenvalue weighted by Crippen LogP contribution is -2.52. The Morgan fingerprint density at radius 3 is 2.47 bits per heavy atom. The molecule has 0 bridgehead atoms. The van der Waals surface area contributed by atoms with E-state index >= 15 is 0 Å². The van der Waals surface area contributed by atoms with E-state index in [1.165, 1.54) is 5.56 Å². The van der Waals surface area contributed by atoms with E-state index in [0.717, 1.165) is 24.3 Å². The van der Waals surface area contributed by atoms with Crippen LogP contribution in [0.3, 0.4) is 0 Å². The van der Waals surface area contributed by atoms with Gasteiger partial charge in [0.1, 0.15) is 12.4 Å². The Balaban J connectivity index is 1.55. The van der Waals surface area contributed by atoms with Crippen molar-refractivity contribution in [3.05, 3.63) is 94.5 Å². The van der Waals surface area contributed by atoms with E-state index in [4.69, 9.17) is 21.6 Å². The lowest BCUT2D eigenvalue weighted by Gasteiger charge is -2.45. The first-order valence-electron chi connectivity index (χ1n) is 12.1. The van der Waals surface area contributed by atoms with Crippen molar-refractivity contribution in [2.45, 2.75) is 31.6 Å². The highest BCUT2D eigenvalue weighted by Crippen LogP contribution is 2.37. The minimum atomic E-state index is -1.06. The van der Waals surface area contributed by atoms with Crippen LogP contribution in [0.25, 0.3) is 0 Å². The minimum Gasteiger partial charge on any atom is -0.491 e. The zero-order chi connectivity index (χ0) is 25.7. The van der Waals surface area contributed by atoms with Crippen molar-refractivity contribution < 1.29 is 14.9 Å². The van der Waals surface area contributed by atoms with Gasteiger partial charge in [0.15, 0.2) is 0 Å². The third kappa shape index (κ3) is 6.18. The number of ether oxygens (including phenoxy) is 1. The van der Waals surface area contributed by atoms with Gasteiger partial charge in [-0.15, -0.1) is 0 Å². The molecule has 0 radical (unpaired) electrons. The maximum Gasteiger partial charge on any atom is 0.121 e. The van der Waals surface area contributed by atoms with Crippen LogP contribution in [0.5, 0.6) is 5.75 Å². The molecule has 7 heteroatoms. The van der Waals surface area contributed by atoms with Crippen molar-refractivity contribution in [2.75, 3.05) is 37.7 Å². The van der Waals surface area contributed by atoms with Gasteiger partial charge in [-0.05, 0) is 49.2 Å². The van der Waals surface area contributed by atoms with Gasteiger partial charge in [0.2, 0.25) is 0 Å². The Morgan fingerprint density at radius 1 is 1.11 bits per heavy atom. The molecule has 36 heavy (non-hydrogen) atoms. The number of aliphatic hydroxyl groups excluding tert-OH is 1. The summed E-state index contributed by atoms with van der Waals surface area (Å²) in [5.41, 5.74) is 2.40. The summed E-state index contributed by atoms with van der Waals surface area (Å²) in [7, 11) is 0. The molecule has 1 fully saturated rings. The number of aliphatic hydroxyl groups is 2. The molecular formula is C29H32ClN3O3. The normalized spacial score (nSPS) is 18.8. The van der Waals surface area contributed by atoms with Gasteiger partial charge in [-0.3, -0.25) is 4.90 Å². The SMILES string of the molecule is C[C@@H](O)COc1ccc(N2CCN(C[C@@](C)(O)c3ccc(C#N)cc3)C[C@H]2c2ccccc2)c(Cl)c1. The highest BCUT2D eigenvalue weighted by atomic mass is 35.5. The molecule has 4 rings (SSSR count). The second-order valence-electron chi connectivity index (χ2n) is 9.59. The van der Waals surface area contributed by atoms with E-state index in [0.29, 0.717) is 29.4 Å². The van der Waals surface area contributed by atoms with Crippen molar-refractivity contribution in [2.24, 2.45) is 0 Å². The van der Waals surface area contributed by atoms with Gasteiger partial charge in [-0.25, -0.2) is 0 Å². The Kier molecular flexibility index (Phi) is 8.17. The van der Waals surface area contributed by atoms with Crippen LogP contribution in [0.4, 0.5) is 5.69 Å². The topological polar surface area (TPSA) is 80.0 Å². The van der Waals surface area contributed by atoms with Crippen LogP contribution in [0.2, 0.25) is 5.02 Å². The molecule has 3 aromatic rings.